The molecule has 0 fully saturated rings. The van der Waals surface area contributed by atoms with Gasteiger partial charge in [-0.05, 0) is 88.2 Å². The first-order valence-corrected chi connectivity index (χ1v) is 10.5. The number of fused-ring (bicyclic) bond motifs is 2. The minimum Gasteiger partial charge on any atom is -0.508 e. The largest absolute Gasteiger partial charge is 0.508 e. The van der Waals surface area contributed by atoms with Crippen molar-refractivity contribution in [3.63, 3.8) is 0 Å². The molecule has 2 N–H and O–H groups in total. The maximum atomic E-state index is 10.1. The predicted molar refractivity (Wildman–Crippen MR) is 126 cm³/mol. The molecule has 4 aromatic rings. The Morgan fingerprint density at radius 2 is 1.19 bits per heavy atom. The zero-order chi connectivity index (χ0) is 21.5. The van der Waals surface area contributed by atoms with Gasteiger partial charge in [-0.3, -0.25) is 0 Å². The first-order chi connectivity index (χ1) is 15.0. The van der Waals surface area contributed by atoms with E-state index in [0.717, 1.165) is 16.7 Å². The molecule has 2 heteroatoms. The molecule has 0 unspecified atom stereocenters. The van der Waals surface area contributed by atoms with Crippen LogP contribution in [0.2, 0.25) is 0 Å². The molecule has 0 bridgehead atoms. The van der Waals surface area contributed by atoms with Gasteiger partial charge in [-0.2, -0.15) is 0 Å². The molecule has 2 nitrogen and oxygen atoms in total. The summed E-state index contributed by atoms with van der Waals surface area (Å²) in [6.07, 6.45) is 2.21. The standard InChI is InChI=1S/C29H24O2/c1-18-15-20(11-13-27(18)30)17-26-22-7-3-5-9-24(22)29(25-10-6-4-8-23(25)26)21-12-14-28(31)19(2)16-21/h3-17,29-31H,1-2H3. The third kappa shape index (κ3) is 3.30. The lowest BCUT2D eigenvalue weighted by atomic mass is 9.72. The van der Waals surface area contributed by atoms with E-state index in [1.165, 1.54) is 33.4 Å². The summed E-state index contributed by atoms with van der Waals surface area (Å²) in [6, 6.07) is 28.8. The van der Waals surface area contributed by atoms with E-state index in [2.05, 4.69) is 60.7 Å². The lowest BCUT2D eigenvalue weighted by Crippen LogP contribution is -2.14. The summed E-state index contributed by atoms with van der Waals surface area (Å²) in [7, 11) is 0. The Kier molecular flexibility index (Phi) is 4.63. The first kappa shape index (κ1) is 19.2. The van der Waals surface area contributed by atoms with Gasteiger partial charge in [0.15, 0.2) is 0 Å². The van der Waals surface area contributed by atoms with Crippen molar-refractivity contribution in [1.82, 2.24) is 0 Å². The Bertz CT molecular complexity index is 1280. The average molecular weight is 405 g/mol. The van der Waals surface area contributed by atoms with Crippen LogP contribution in [-0.4, -0.2) is 10.2 Å². The monoisotopic (exact) mass is 404 g/mol. The van der Waals surface area contributed by atoms with Gasteiger partial charge in [0.1, 0.15) is 11.5 Å². The third-order valence-electron chi connectivity index (χ3n) is 6.21. The summed E-state index contributed by atoms with van der Waals surface area (Å²) in [5, 5.41) is 20.0. The minimum absolute atomic E-state index is 0.102. The van der Waals surface area contributed by atoms with Gasteiger partial charge in [0, 0.05) is 5.92 Å². The van der Waals surface area contributed by atoms with Gasteiger partial charge in [0.05, 0.1) is 0 Å². The van der Waals surface area contributed by atoms with E-state index in [4.69, 9.17) is 0 Å². The van der Waals surface area contributed by atoms with Crippen LogP contribution >= 0.6 is 0 Å². The third-order valence-corrected chi connectivity index (χ3v) is 6.21. The lowest BCUT2D eigenvalue weighted by Gasteiger charge is -2.31. The quantitative estimate of drug-likeness (QED) is 0.340. The number of phenolic OH excluding ortho intramolecular Hbond substituents is 2. The number of rotatable bonds is 2. The Labute approximate surface area is 182 Å². The number of aryl methyl sites for hydroxylation is 2. The highest BCUT2D eigenvalue weighted by Crippen LogP contribution is 2.46. The molecule has 1 aliphatic carbocycles. The second-order valence-electron chi connectivity index (χ2n) is 8.26. The molecular weight excluding hydrogens is 380 g/mol. The van der Waals surface area contributed by atoms with Crippen molar-refractivity contribution in [1.29, 1.82) is 0 Å². The van der Waals surface area contributed by atoms with Gasteiger partial charge in [0.2, 0.25) is 0 Å². The lowest BCUT2D eigenvalue weighted by molar-refractivity contribution is 0.470. The van der Waals surface area contributed by atoms with E-state index in [1.807, 2.05) is 32.0 Å². The van der Waals surface area contributed by atoms with Crippen LogP contribution in [0.4, 0.5) is 0 Å². The summed E-state index contributed by atoms with van der Waals surface area (Å²) in [5.74, 6) is 0.740. The Hall–Kier alpha value is -3.78. The van der Waals surface area contributed by atoms with E-state index in [9.17, 15) is 10.2 Å². The molecule has 1 aliphatic rings. The maximum Gasteiger partial charge on any atom is 0.118 e. The number of hydrogen-bond acceptors (Lipinski definition) is 2. The molecule has 0 radical (unpaired) electrons. The molecule has 0 amide bonds. The predicted octanol–water partition coefficient (Wildman–Crippen LogP) is 6.80. The Morgan fingerprint density at radius 3 is 1.77 bits per heavy atom. The van der Waals surface area contributed by atoms with Gasteiger partial charge in [-0.1, -0.05) is 66.7 Å². The molecule has 5 rings (SSSR count). The van der Waals surface area contributed by atoms with Gasteiger partial charge in [-0.15, -0.1) is 0 Å². The SMILES string of the molecule is Cc1cc(C=C2c3ccccc3C(c3ccc(O)c(C)c3)c3ccccc32)ccc1O. The Morgan fingerprint density at radius 1 is 0.645 bits per heavy atom. The van der Waals surface area contributed by atoms with E-state index in [0.29, 0.717) is 11.5 Å². The first-order valence-electron chi connectivity index (χ1n) is 10.5. The smallest absolute Gasteiger partial charge is 0.118 e. The summed E-state index contributed by atoms with van der Waals surface area (Å²) >= 11 is 0. The minimum atomic E-state index is 0.102. The average Bonchev–Trinajstić information content (AvgIpc) is 2.78. The van der Waals surface area contributed by atoms with Crippen LogP contribution in [0, 0.1) is 13.8 Å². The fourth-order valence-corrected chi connectivity index (χ4v) is 4.61. The summed E-state index contributed by atoms with van der Waals surface area (Å²) in [6.45, 7) is 3.86. The fraction of sp³-hybridized carbons (Fsp3) is 0.103. The van der Waals surface area contributed by atoms with Crippen LogP contribution < -0.4 is 0 Å². The highest BCUT2D eigenvalue weighted by Gasteiger charge is 2.29. The maximum absolute atomic E-state index is 10.1. The molecule has 0 aromatic heterocycles. The fourth-order valence-electron chi connectivity index (χ4n) is 4.61. The molecule has 0 spiro atoms. The second kappa shape index (κ2) is 7.48. The van der Waals surface area contributed by atoms with Crippen LogP contribution in [-0.2, 0) is 0 Å². The molecule has 0 saturated carbocycles. The molecule has 0 heterocycles. The van der Waals surface area contributed by atoms with E-state index in [-0.39, 0.29) is 5.92 Å². The molecule has 31 heavy (non-hydrogen) atoms. The van der Waals surface area contributed by atoms with Crippen molar-refractivity contribution < 1.29 is 10.2 Å². The second-order valence-corrected chi connectivity index (χ2v) is 8.26. The zero-order valence-corrected chi connectivity index (χ0v) is 17.6. The van der Waals surface area contributed by atoms with Gasteiger partial charge < -0.3 is 10.2 Å². The van der Waals surface area contributed by atoms with Gasteiger partial charge >= 0.3 is 0 Å². The number of phenols is 2. The van der Waals surface area contributed by atoms with Crippen molar-refractivity contribution in [2.24, 2.45) is 0 Å². The van der Waals surface area contributed by atoms with Crippen molar-refractivity contribution in [3.05, 3.63) is 129 Å². The number of hydrogen-bond donors (Lipinski definition) is 2. The van der Waals surface area contributed by atoms with Crippen molar-refractivity contribution >= 4 is 11.6 Å². The van der Waals surface area contributed by atoms with E-state index >= 15 is 0 Å². The van der Waals surface area contributed by atoms with E-state index < -0.39 is 0 Å². The van der Waals surface area contributed by atoms with Crippen molar-refractivity contribution in [2.45, 2.75) is 19.8 Å². The summed E-state index contributed by atoms with van der Waals surface area (Å²) in [4.78, 5) is 0. The van der Waals surface area contributed by atoms with Crippen LogP contribution in [0.3, 0.4) is 0 Å². The normalized spacial score (nSPS) is 14.6. The molecule has 0 atom stereocenters. The van der Waals surface area contributed by atoms with Crippen LogP contribution in [0.1, 0.15) is 50.4 Å². The molecule has 0 aliphatic heterocycles. The Balaban J connectivity index is 1.76. The van der Waals surface area contributed by atoms with Crippen LogP contribution in [0.25, 0.3) is 11.6 Å². The summed E-state index contributed by atoms with van der Waals surface area (Å²) < 4.78 is 0. The van der Waals surface area contributed by atoms with Crippen molar-refractivity contribution in [3.8, 4) is 11.5 Å². The molecule has 4 aromatic carbocycles. The highest BCUT2D eigenvalue weighted by atomic mass is 16.3. The molecule has 0 saturated heterocycles. The summed E-state index contributed by atoms with van der Waals surface area (Å²) in [5.41, 5.74) is 10.1. The molecular formula is C29H24O2. The van der Waals surface area contributed by atoms with Crippen LogP contribution in [0.5, 0.6) is 11.5 Å². The topological polar surface area (TPSA) is 40.5 Å². The zero-order valence-electron chi connectivity index (χ0n) is 17.6. The number of aromatic hydroxyl groups is 2. The van der Waals surface area contributed by atoms with Crippen molar-refractivity contribution in [2.75, 3.05) is 0 Å². The highest BCUT2D eigenvalue weighted by molar-refractivity contribution is 5.96. The van der Waals surface area contributed by atoms with Gasteiger partial charge in [0.25, 0.3) is 0 Å². The van der Waals surface area contributed by atoms with E-state index in [1.54, 1.807) is 12.1 Å². The molecule has 152 valence electrons. The van der Waals surface area contributed by atoms with Crippen LogP contribution in [0.15, 0.2) is 84.9 Å². The van der Waals surface area contributed by atoms with Gasteiger partial charge in [-0.25, -0.2) is 0 Å². The number of benzene rings is 4.